The van der Waals surface area contributed by atoms with Gasteiger partial charge in [0.05, 0.1) is 16.1 Å². The van der Waals surface area contributed by atoms with Gasteiger partial charge >= 0.3 is 0 Å². The molecule has 0 saturated carbocycles. The smallest absolute Gasteiger partial charge is 0.121 e. The third-order valence-corrected chi connectivity index (χ3v) is 2.12. The molecular formula is C9H10Cl2O2. The topological polar surface area (TPSA) is 29.5 Å². The van der Waals surface area contributed by atoms with E-state index in [9.17, 15) is 0 Å². The summed E-state index contributed by atoms with van der Waals surface area (Å²) in [4.78, 5) is 0. The minimum absolute atomic E-state index is 0.248. The summed E-state index contributed by atoms with van der Waals surface area (Å²) in [6.45, 7) is 1.90. The molecule has 0 aromatic heterocycles. The highest BCUT2D eigenvalue weighted by atomic mass is 35.5. The molecule has 0 radical (unpaired) electrons. The highest BCUT2D eigenvalue weighted by molar-refractivity contribution is 6.42. The monoisotopic (exact) mass is 220 g/mol. The number of ether oxygens (including phenoxy) is 1. The van der Waals surface area contributed by atoms with E-state index in [4.69, 9.17) is 33.0 Å². The van der Waals surface area contributed by atoms with Gasteiger partial charge in [0.15, 0.2) is 0 Å². The lowest BCUT2D eigenvalue weighted by Crippen LogP contribution is -2.12. The molecule has 1 unspecified atom stereocenters. The van der Waals surface area contributed by atoms with Crippen LogP contribution in [0.15, 0.2) is 18.2 Å². The summed E-state index contributed by atoms with van der Waals surface area (Å²) < 4.78 is 5.21. The molecule has 0 fully saturated rings. The molecule has 1 aromatic rings. The van der Waals surface area contributed by atoms with Crippen molar-refractivity contribution in [1.82, 2.24) is 0 Å². The quantitative estimate of drug-likeness (QED) is 0.850. The minimum Gasteiger partial charge on any atom is -0.491 e. The van der Waals surface area contributed by atoms with E-state index in [2.05, 4.69) is 0 Å². The van der Waals surface area contributed by atoms with Crippen LogP contribution in [0.4, 0.5) is 0 Å². The number of hydrogen-bond donors (Lipinski definition) is 1. The Bertz CT molecular complexity index is 287. The van der Waals surface area contributed by atoms with Crippen molar-refractivity contribution in [2.24, 2.45) is 0 Å². The Hall–Kier alpha value is -0.440. The third-order valence-electron chi connectivity index (χ3n) is 1.38. The van der Waals surface area contributed by atoms with E-state index in [-0.39, 0.29) is 6.61 Å². The van der Waals surface area contributed by atoms with Crippen LogP contribution in [0.1, 0.15) is 6.92 Å². The van der Waals surface area contributed by atoms with Crippen molar-refractivity contribution in [3.63, 3.8) is 0 Å². The van der Waals surface area contributed by atoms with E-state index >= 15 is 0 Å². The normalized spacial score (nSPS) is 12.6. The SMILES string of the molecule is CC(O)COc1ccc(Cl)c(Cl)c1. The number of hydrogen-bond acceptors (Lipinski definition) is 2. The summed E-state index contributed by atoms with van der Waals surface area (Å²) in [7, 11) is 0. The van der Waals surface area contributed by atoms with E-state index in [0.717, 1.165) is 0 Å². The van der Waals surface area contributed by atoms with Crippen molar-refractivity contribution in [3.8, 4) is 5.75 Å². The highest BCUT2D eigenvalue weighted by Crippen LogP contribution is 2.26. The summed E-state index contributed by atoms with van der Waals surface area (Å²) in [5.74, 6) is 0.607. The summed E-state index contributed by atoms with van der Waals surface area (Å²) in [6, 6.07) is 4.98. The van der Waals surface area contributed by atoms with E-state index in [1.807, 2.05) is 0 Å². The van der Waals surface area contributed by atoms with Crippen molar-refractivity contribution in [2.45, 2.75) is 13.0 Å². The molecular weight excluding hydrogens is 211 g/mol. The number of benzene rings is 1. The molecule has 0 aliphatic carbocycles. The zero-order chi connectivity index (χ0) is 9.84. The standard InChI is InChI=1S/C9H10Cl2O2/c1-6(12)5-13-7-2-3-8(10)9(11)4-7/h2-4,6,12H,5H2,1H3. The van der Waals surface area contributed by atoms with Crippen molar-refractivity contribution in [3.05, 3.63) is 28.2 Å². The van der Waals surface area contributed by atoms with Crippen molar-refractivity contribution >= 4 is 23.2 Å². The maximum atomic E-state index is 8.95. The first-order chi connectivity index (χ1) is 6.09. The molecule has 1 rings (SSSR count). The summed E-state index contributed by atoms with van der Waals surface area (Å²) >= 11 is 11.5. The Labute approximate surface area is 87.0 Å². The molecule has 0 spiro atoms. The fourth-order valence-corrected chi connectivity index (χ4v) is 1.07. The zero-order valence-corrected chi connectivity index (χ0v) is 8.64. The molecule has 0 aliphatic rings. The molecule has 0 aliphatic heterocycles. The van der Waals surface area contributed by atoms with Gasteiger partial charge in [-0.25, -0.2) is 0 Å². The van der Waals surface area contributed by atoms with Gasteiger partial charge in [0, 0.05) is 6.07 Å². The molecule has 2 nitrogen and oxygen atoms in total. The average Bonchev–Trinajstić information content (AvgIpc) is 2.07. The van der Waals surface area contributed by atoms with Crippen LogP contribution in [-0.4, -0.2) is 17.8 Å². The maximum Gasteiger partial charge on any atom is 0.121 e. The van der Waals surface area contributed by atoms with Crippen molar-refractivity contribution in [1.29, 1.82) is 0 Å². The van der Waals surface area contributed by atoms with Gasteiger partial charge in [0.2, 0.25) is 0 Å². The second kappa shape index (κ2) is 4.70. The fourth-order valence-electron chi connectivity index (χ4n) is 0.783. The van der Waals surface area contributed by atoms with Gasteiger partial charge in [-0.2, -0.15) is 0 Å². The first-order valence-electron chi connectivity index (χ1n) is 3.85. The lowest BCUT2D eigenvalue weighted by atomic mass is 10.3. The van der Waals surface area contributed by atoms with E-state index < -0.39 is 6.10 Å². The Morgan fingerprint density at radius 2 is 2.08 bits per heavy atom. The van der Waals surface area contributed by atoms with E-state index in [0.29, 0.717) is 15.8 Å². The van der Waals surface area contributed by atoms with Crippen LogP contribution >= 0.6 is 23.2 Å². The van der Waals surface area contributed by atoms with E-state index in [1.54, 1.807) is 25.1 Å². The number of aliphatic hydroxyl groups is 1. The molecule has 72 valence electrons. The number of rotatable bonds is 3. The van der Waals surface area contributed by atoms with Crippen LogP contribution in [0.5, 0.6) is 5.75 Å². The van der Waals surface area contributed by atoms with Crippen LogP contribution < -0.4 is 4.74 Å². The van der Waals surface area contributed by atoms with Gasteiger partial charge in [-0.05, 0) is 19.1 Å². The van der Waals surface area contributed by atoms with Crippen LogP contribution in [-0.2, 0) is 0 Å². The maximum absolute atomic E-state index is 8.95. The van der Waals surface area contributed by atoms with Crippen molar-refractivity contribution < 1.29 is 9.84 Å². The third kappa shape index (κ3) is 3.43. The second-order valence-electron chi connectivity index (χ2n) is 2.74. The predicted octanol–water partition coefficient (Wildman–Crippen LogP) is 2.75. The van der Waals surface area contributed by atoms with Crippen molar-refractivity contribution in [2.75, 3.05) is 6.61 Å². The molecule has 4 heteroatoms. The largest absolute Gasteiger partial charge is 0.491 e. The first kappa shape index (κ1) is 10.6. The van der Waals surface area contributed by atoms with Crippen LogP contribution in [0.3, 0.4) is 0 Å². The Kier molecular flexibility index (Phi) is 3.85. The average molecular weight is 221 g/mol. The molecule has 13 heavy (non-hydrogen) atoms. The number of halogens is 2. The lowest BCUT2D eigenvalue weighted by Gasteiger charge is -2.08. The highest BCUT2D eigenvalue weighted by Gasteiger charge is 2.01. The summed E-state index contributed by atoms with van der Waals surface area (Å²) in [6.07, 6.45) is -0.491. The molecule has 0 saturated heterocycles. The van der Waals surface area contributed by atoms with E-state index in [1.165, 1.54) is 0 Å². The molecule has 1 N–H and O–H groups in total. The van der Waals surface area contributed by atoms with Crippen LogP contribution in [0, 0.1) is 0 Å². The first-order valence-corrected chi connectivity index (χ1v) is 4.61. The van der Waals surface area contributed by atoms with Gasteiger partial charge in [-0.3, -0.25) is 0 Å². The fraction of sp³-hybridized carbons (Fsp3) is 0.333. The zero-order valence-electron chi connectivity index (χ0n) is 7.13. The van der Waals surface area contributed by atoms with Gasteiger partial charge in [-0.1, -0.05) is 23.2 Å². The Morgan fingerprint density at radius 3 is 2.62 bits per heavy atom. The van der Waals surface area contributed by atoms with Gasteiger partial charge < -0.3 is 9.84 Å². The molecule has 0 amide bonds. The lowest BCUT2D eigenvalue weighted by molar-refractivity contribution is 0.123. The van der Waals surface area contributed by atoms with Gasteiger partial charge in [-0.15, -0.1) is 0 Å². The summed E-state index contributed by atoms with van der Waals surface area (Å²) in [5.41, 5.74) is 0. The minimum atomic E-state index is -0.491. The molecule has 0 bridgehead atoms. The molecule has 1 atom stereocenters. The summed E-state index contributed by atoms with van der Waals surface area (Å²) in [5, 5.41) is 9.89. The molecule has 1 aromatic carbocycles. The Morgan fingerprint density at radius 1 is 1.38 bits per heavy atom. The second-order valence-corrected chi connectivity index (χ2v) is 3.55. The number of aliphatic hydroxyl groups excluding tert-OH is 1. The predicted molar refractivity (Wildman–Crippen MR) is 53.6 cm³/mol. The Balaban J connectivity index is 2.63. The molecule has 0 heterocycles. The van der Waals surface area contributed by atoms with Crippen LogP contribution in [0.2, 0.25) is 10.0 Å². The van der Waals surface area contributed by atoms with Gasteiger partial charge in [0.1, 0.15) is 12.4 Å². The van der Waals surface area contributed by atoms with Gasteiger partial charge in [0.25, 0.3) is 0 Å². The van der Waals surface area contributed by atoms with Crippen LogP contribution in [0.25, 0.3) is 0 Å².